The molecular formula is C18H17N3O2. The number of phenols is 1. The highest BCUT2D eigenvalue weighted by atomic mass is 16.3. The number of carbonyl (C=O) groups excluding carboxylic acids is 1. The van der Waals surface area contributed by atoms with Crippen LogP contribution in [0.3, 0.4) is 0 Å². The number of imidazole rings is 1. The Balaban J connectivity index is 1.81. The molecule has 23 heavy (non-hydrogen) atoms. The number of aryl methyl sites for hydroxylation is 2. The number of anilines is 1. The minimum absolute atomic E-state index is 0.0882. The Morgan fingerprint density at radius 1 is 1.22 bits per heavy atom. The molecule has 2 aromatic heterocycles. The summed E-state index contributed by atoms with van der Waals surface area (Å²) in [7, 11) is 0. The Labute approximate surface area is 133 Å². The number of nitrogens with zero attached hydrogens (tertiary/aromatic N) is 2. The van der Waals surface area contributed by atoms with E-state index in [9.17, 15) is 9.90 Å². The van der Waals surface area contributed by atoms with Crippen LogP contribution in [0.2, 0.25) is 0 Å². The number of phenolic OH excluding ortho intramolecular Hbond substituents is 1. The summed E-state index contributed by atoms with van der Waals surface area (Å²) in [5.41, 5.74) is 5.23. The molecule has 0 bridgehead atoms. The smallest absolute Gasteiger partial charge is 0.174 e. The number of ketones is 1. The normalized spacial score (nSPS) is 17.1. The van der Waals surface area contributed by atoms with Crippen molar-refractivity contribution in [2.75, 3.05) is 11.9 Å². The van der Waals surface area contributed by atoms with E-state index in [4.69, 9.17) is 0 Å². The van der Waals surface area contributed by atoms with E-state index in [1.54, 1.807) is 24.3 Å². The second-order valence-corrected chi connectivity index (χ2v) is 5.97. The Hall–Kier alpha value is -2.82. The summed E-state index contributed by atoms with van der Waals surface area (Å²) >= 11 is 0. The zero-order chi connectivity index (χ0) is 16.1. The molecule has 0 saturated carbocycles. The zero-order valence-electron chi connectivity index (χ0n) is 13.0. The van der Waals surface area contributed by atoms with Crippen molar-refractivity contribution in [2.24, 2.45) is 0 Å². The molecule has 5 nitrogen and oxygen atoms in total. The quantitative estimate of drug-likeness (QED) is 0.725. The van der Waals surface area contributed by atoms with Gasteiger partial charge in [-0.15, -0.1) is 0 Å². The van der Waals surface area contributed by atoms with Crippen molar-refractivity contribution >= 4 is 17.1 Å². The number of rotatable bonds is 1. The van der Waals surface area contributed by atoms with E-state index in [0.717, 1.165) is 28.3 Å². The van der Waals surface area contributed by atoms with Crippen LogP contribution in [-0.4, -0.2) is 26.8 Å². The zero-order valence-corrected chi connectivity index (χ0v) is 13.0. The van der Waals surface area contributed by atoms with Gasteiger partial charge in [-0.25, -0.2) is 4.98 Å². The van der Waals surface area contributed by atoms with Crippen LogP contribution < -0.4 is 5.32 Å². The van der Waals surface area contributed by atoms with Gasteiger partial charge in [0.15, 0.2) is 11.4 Å². The number of hydrogen-bond donors (Lipinski definition) is 2. The molecule has 3 aromatic rings. The first-order chi connectivity index (χ1) is 11.1. The van der Waals surface area contributed by atoms with Crippen molar-refractivity contribution in [1.29, 1.82) is 0 Å². The summed E-state index contributed by atoms with van der Waals surface area (Å²) in [6.07, 6.45) is 1.91. The molecule has 0 aliphatic carbocycles. The molecule has 3 heterocycles. The minimum Gasteiger partial charge on any atom is -0.508 e. The third-order valence-corrected chi connectivity index (χ3v) is 4.63. The fraction of sp³-hybridized carbons (Fsp3) is 0.222. The van der Waals surface area contributed by atoms with E-state index in [0.29, 0.717) is 12.1 Å². The average molecular weight is 307 g/mol. The van der Waals surface area contributed by atoms with Crippen molar-refractivity contribution in [3.05, 3.63) is 59.0 Å². The van der Waals surface area contributed by atoms with Crippen LogP contribution in [-0.2, 0) is 0 Å². The Morgan fingerprint density at radius 2 is 1.96 bits per heavy atom. The molecule has 4 rings (SSSR count). The van der Waals surface area contributed by atoms with Crippen molar-refractivity contribution in [3.8, 4) is 5.75 Å². The maximum absolute atomic E-state index is 12.9. The third kappa shape index (κ3) is 2.00. The van der Waals surface area contributed by atoms with Gasteiger partial charge in [0.25, 0.3) is 0 Å². The first-order valence-corrected chi connectivity index (χ1v) is 7.61. The SMILES string of the molecule is Cc1nc2c3c(ccn2c1C)C(=O)[C@H](c1ccc(O)cc1)CN3. The Morgan fingerprint density at radius 3 is 2.70 bits per heavy atom. The number of carbonyl (C=O) groups is 1. The van der Waals surface area contributed by atoms with E-state index in [1.165, 1.54) is 0 Å². The van der Waals surface area contributed by atoms with E-state index in [-0.39, 0.29) is 17.5 Å². The molecule has 0 spiro atoms. The van der Waals surface area contributed by atoms with Crippen molar-refractivity contribution < 1.29 is 9.90 Å². The highest BCUT2D eigenvalue weighted by molar-refractivity contribution is 6.09. The number of Topliss-reactive ketones (excluding diaryl/α,β-unsaturated/α-hetero) is 1. The predicted octanol–water partition coefficient (Wildman–Crippen LogP) is 3.05. The number of fused-ring (bicyclic) bond motifs is 3. The second-order valence-electron chi connectivity index (χ2n) is 5.97. The Kier molecular flexibility index (Phi) is 2.91. The van der Waals surface area contributed by atoms with Crippen LogP contribution in [0.1, 0.15) is 33.2 Å². The number of aromatic nitrogens is 2. The fourth-order valence-corrected chi connectivity index (χ4v) is 3.18. The Bertz CT molecular complexity index is 926. The molecule has 0 amide bonds. The van der Waals surface area contributed by atoms with Crippen molar-refractivity contribution in [2.45, 2.75) is 19.8 Å². The number of benzene rings is 1. The molecule has 0 saturated heterocycles. The maximum Gasteiger partial charge on any atom is 0.174 e. The lowest BCUT2D eigenvalue weighted by molar-refractivity contribution is 0.0960. The lowest BCUT2D eigenvalue weighted by atomic mass is 9.87. The largest absolute Gasteiger partial charge is 0.508 e. The summed E-state index contributed by atoms with van der Waals surface area (Å²) < 4.78 is 2.01. The van der Waals surface area contributed by atoms with Gasteiger partial charge in [0.1, 0.15) is 5.75 Å². The highest BCUT2D eigenvalue weighted by Gasteiger charge is 2.30. The molecule has 2 N–H and O–H groups in total. The van der Waals surface area contributed by atoms with E-state index in [2.05, 4.69) is 10.3 Å². The van der Waals surface area contributed by atoms with Crippen molar-refractivity contribution in [1.82, 2.24) is 9.38 Å². The first kappa shape index (κ1) is 13.8. The summed E-state index contributed by atoms with van der Waals surface area (Å²) in [6, 6.07) is 8.68. The summed E-state index contributed by atoms with van der Waals surface area (Å²) in [5.74, 6) is 0.0448. The topological polar surface area (TPSA) is 66.6 Å². The number of nitrogens with one attached hydrogen (secondary N) is 1. The first-order valence-electron chi connectivity index (χ1n) is 7.61. The standard InChI is InChI=1S/C18H17N3O2/c1-10-11(2)21-8-7-14-16(18(21)20-10)19-9-15(17(14)23)12-3-5-13(22)6-4-12/h3-8,15,19,22H,9H2,1-2H3/t15-/m0/s1. The number of hydrogen-bond acceptors (Lipinski definition) is 4. The summed E-state index contributed by atoms with van der Waals surface area (Å²) in [4.78, 5) is 17.5. The minimum atomic E-state index is -0.247. The van der Waals surface area contributed by atoms with Crippen LogP contribution in [0.4, 0.5) is 5.69 Å². The molecule has 1 atom stereocenters. The van der Waals surface area contributed by atoms with Gasteiger partial charge in [0.2, 0.25) is 0 Å². The van der Waals surface area contributed by atoms with Gasteiger partial charge < -0.3 is 14.8 Å². The second kappa shape index (κ2) is 4.84. The average Bonchev–Trinajstić information content (AvgIpc) is 2.84. The lowest BCUT2D eigenvalue weighted by Gasteiger charge is -2.25. The molecule has 1 aliphatic rings. The van der Waals surface area contributed by atoms with Crippen LogP contribution in [0.25, 0.3) is 5.65 Å². The monoisotopic (exact) mass is 307 g/mol. The van der Waals surface area contributed by atoms with E-state index in [1.807, 2.05) is 30.5 Å². The van der Waals surface area contributed by atoms with E-state index < -0.39 is 0 Å². The fourth-order valence-electron chi connectivity index (χ4n) is 3.18. The van der Waals surface area contributed by atoms with Gasteiger partial charge in [0.05, 0.1) is 17.3 Å². The molecule has 5 heteroatoms. The lowest BCUT2D eigenvalue weighted by Crippen LogP contribution is -2.28. The van der Waals surface area contributed by atoms with Crippen LogP contribution in [0.5, 0.6) is 5.75 Å². The van der Waals surface area contributed by atoms with Gasteiger partial charge in [-0.05, 0) is 37.6 Å². The third-order valence-electron chi connectivity index (χ3n) is 4.63. The molecule has 0 unspecified atom stereocenters. The molecular weight excluding hydrogens is 290 g/mol. The van der Waals surface area contributed by atoms with Crippen molar-refractivity contribution in [3.63, 3.8) is 0 Å². The maximum atomic E-state index is 12.9. The molecule has 116 valence electrons. The van der Waals surface area contributed by atoms with Gasteiger partial charge in [-0.1, -0.05) is 12.1 Å². The molecule has 0 fully saturated rings. The molecule has 0 radical (unpaired) electrons. The predicted molar refractivity (Wildman–Crippen MR) is 88.3 cm³/mol. The van der Waals surface area contributed by atoms with Gasteiger partial charge in [-0.3, -0.25) is 4.79 Å². The summed E-state index contributed by atoms with van der Waals surface area (Å²) in [6.45, 7) is 4.52. The highest BCUT2D eigenvalue weighted by Crippen LogP contribution is 2.34. The van der Waals surface area contributed by atoms with Gasteiger partial charge in [-0.2, -0.15) is 0 Å². The van der Waals surface area contributed by atoms with Crippen LogP contribution in [0.15, 0.2) is 36.5 Å². The van der Waals surface area contributed by atoms with Gasteiger partial charge >= 0.3 is 0 Å². The van der Waals surface area contributed by atoms with Crippen LogP contribution in [0, 0.1) is 13.8 Å². The number of aromatic hydroxyl groups is 1. The number of pyridine rings is 1. The molecule has 1 aromatic carbocycles. The van der Waals surface area contributed by atoms with E-state index >= 15 is 0 Å². The molecule has 1 aliphatic heterocycles. The summed E-state index contributed by atoms with van der Waals surface area (Å²) in [5, 5.41) is 12.8. The van der Waals surface area contributed by atoms with Crippen LogP contribution >= 0.6 is 0 Å². The van der Waals surface area contributed by atoms with Gasteiger partial charge in [0, 0.05) is 24.0 Å².